The van der Waals surface area contributed by atoms with Gasteiger partial charge in [0.15, 0.2) is 11.5 Å². The Balaban J connectivity index is 1.67. The van der Waals surface area contributed by atoms with Crippen molar-refractivity contribution in [2.45, 2.75) is 33.1 Å². The van der Waals surface area contributed by atoms with E-state index in [2.05, 4.69) is 11.9 Å². The van der Waals surface area contributed by atoms with Crippen molar-refractivity contribution in [1.82, 2.24) is 9.97 Å². The van der Waals surface area contributed by atoms with Gasteiger partial charge in [0.2, 0.25) is 0 Å². The first-order valence-corrected chi connectivity index (χ1v) is 10.4. The zero-order valence-corrected chi connectivity index (χ0v) is 17.2. The molecule has 1 atom stereocenters. The number of hydrogen-bond donors (Lipinski definition) is 1. The van der Waals surface area contributed by atoms with Crippen LogP contribution in [-0.4, -0.2) is 23.7 Å². The number of aromatic nitrogens is 2. The normalized spacial score (nSPS) is 16.5. The van der Waals surface area contributed by atoms with Crippen LogP contribution in [0.5, 0.6) is 11.5 Å². The Morgan fingerprint density at radius 3 is 2.96 bits per heavy atom. The fraction of sp³-hybridized carbons (Fsp3) is 0.364. The van der Waals surface area contributed by atoms with Crippen LogP contribution in [0.4, 0.5) is 0 Å². The van der Waals surface area contributed by atoms with Crippen LogP contribution in [0.15, 0.2) is 23.0 Å². The quantitative estimate of drug-likeness (QED) is 0.680. The van der Waals surface area contributed by atoms with Crippen molar-refractivity contribution in [2.75, 3.05) is 13.7 Å². The predicted molar refractivity (Wildman–Crippen MR) is 115 cm³/mol. The number of methoxy groups -OCH3 is 1. The van der Waals surface area contributed by atoms with E-state index in [1.54, 1.807) is 18.4 Å². The average molecular weight is 397 g/mol. The number of nitrogens with zero attached hydrogens (tertiary/aromatic N) is 1. The molecule has 4 rings (SSSR count). The minimum atomic E-state index is -0.0403. The molecule has 0 radical (unpaired) electrons. The molecule has 2 aromatic heterocycles. The summed E-state index contributed by atoms with van der Waals surface area (Å²) in [6.45, 7) is 4.77. The molecule has 146 valence electrons. The standard InChI is InChI=1S/C22H24N2O3S/c1-4-27-17-12-14(6-9-16(17)26-3)7-10-19-23-21(25)20-15-8-5-13(2)11-18(15)28-22(20)24-19/h6-7,9-10,12-13H,4-5,8,11H2,1-3H3,(H,23,24,25)/b10-7+/t13-/m1/s1. The van der Waals surface area contributed by atoms with Crippen molar-refractivity contribution in [3.05, 3.63) is 50.4 Å². The summed E-state index contributed by atoms with van der Waals surface area (Å²) in [5.74, 6) is 2.64. The first kappa shape index (κ1) is 18.7. The summed E-state index contributed by atoms with van der Waals surface area (Å²) >= 11 is 1.67. The van der Waals surface area contributed by atoms with Crippen molar-refractivity contribution in [2.24, 2.45) is 5.92 Å². The summed E-state index contributed by atoms with van der Waals surface area (Å²) in [7, 11) is 1.62. The number of benzene rings is 1. The molecular formula is C22H24N2O3S. The van der Waals surface area contributed by atoms with Gasteiger partial charge in [0, 0.05) is 4.88 Å². The smallest absolute Gasteiger partial charge is 0.260 e. The van der Waals surface area contributed by atoms with Crippen molar-refractivity contribution in [3.63, 3.8) is 0 Å². The lowest BCUT2D eigenvalue weighted by molar-refractivity contribution is 0.311. The summed E-state index contributed by atoms with van der Waals surface area (Å²) in [5.41, 5.74) is 2.12. The highest BCUT2D eigenvalue weighted by molar-refractivity contribution is 7.18. The van der Waals surface area contributed by atoms with Gasteiger partial charge in [0.25, 0.3) is 5.56 Å². The highest BCUT2D eigenvalue weighted by Gasteiger charge is 2.22. The van der Waals surface area contributed by atoms with Crippen LogP contribution in [-0.2, 0) is 12.8 Å². The molecule has 5 nitrogen and oxygen atoms in total. The second kappa shape index (κ2) is 7.80. The van der Waals surface area contributed by atoms with Crippen LogP contribution < -0.4 is 15.0 Å². The second-order valence-corrected chi connectivity index (χ2v) is 8.24. The zero-order valence-electron chi connectivity index (χ0n) is 16.4. The molecule has 0 bridgehead atoms. The molecule has 0 saturated heterocycles. The van der Waals surface area contributed by atoms with E-state index >= 15 is 0 Å². The van der Waals surface area contributed by atoms with E-state index in [1.807, 2.05) is 37.3 Å². The number of ether oxygens (including phenoxy) is 2. The first-order valence-electron chi connectivity index (χ1n) is 9.62. The topological polar surface area (TPSA) is 64.2 Å². The summed E-state index contributed by atoms with van der Waals surface area (Å²) in [6.07, 6.45) is 6.91. The molecule has 0 spiro atoms. The molecule has 1 N–H and O–H groups in total. The molecule has 0 unspecified atom stereocenters. The average Bonchev–Trinajstić information content (AvgIpc) is 3.04. The van der Waals surface area contributed by atoms with Gasteiger partial charge in [-0.2, -0.15) is 0 Å². The third-order valence-electron chi connectivity index (χ3n) is 5.10. The lowest BCUT2D eigenvalue weighted by atomic mass is 9.89. The molecule has 2 heterocycles. The molecule has 1 aromatic carbocycles. The predicted octanol–water partition coefficient (Wildman–Crippen LogP) is 4.69. The van der Waals surface area contributed by atoms with Gasteiger partial charge in [0.1, 0.15) is 10.7 Å². The minimum Gasteiger partial charge on any atom is -0.493 e. The van der Waals surface area contributed by atoms with Crippen molar-refractivity contribution in [3.8, 4) is 11.5 Å². The molecule has 0 aliphatic heterocycles. The molecular weight excluding hydrogens is 372 g/mol. The molecule has 6 heteroatoms. The van der Waals surface area contributed by atoms with E-state index in [4.69, 9.17) is 14.5 Å². The zero-order chi connectivity index (χ0) is 19.7. The minimum absolute atomic E-state index is 0.0403. The summed E-state index contributed by atoms with van der Waals surface area (Å²) in [4.78, 5) is 22.5. The second-order valence-electron chi connectivity index (χ2n) is 7.16. The highest BCUT2D eigenvalue weighted by atomic mass is 32.1. The number of H-pyrrole nitrogens is 1. The van der Waals surface area contributed by atoms with Gasteiger partial charge in [-0.3, -0.25) is 4.79 Å². The molecule has 28 heavy (non-hydrogen) atoms. The van der Waals surface area contributed by atoms with E-state index in [9.17, 15) is 4.79 Å². The molecule has 1 aliphatic carbocycles. The number of aromatic amines is 1. The van der Waals surface area contributed by atoms with E-state index in [0.717, 1.165) is 35.0 Å². The molecule has 3 aromatic rings. The number of nitrogens with one attached hydrogen (secondary N) is 1. The summed E-state index contributed by atoms with van der Waals surface area (Å²) in [6, 6.07) is 5.74. The van der Waals surface area contributed by atoms with Gasteiger partial charge in [-0.1, -0.05) is 19.1 Å². The van der Waals surface area contributed by atoms with Gasteiger partial charge in [-0.05, 0) is 61.4 Å². The lowest BCUT2D eigenvalue weighted by Crippen LogP contribution is -2.13. The number of rotatable bonds is 5. The van der Waals surface area contributed by atoms with Gasteiger partial charge >= 0.3 is 0 Å². The molecule has 0 fully saturated rings. The van der Waals surface area contributed by atoms with E-state index < -0.39 is 0 Å². The third kappa shape index (κ3) is 3.56. The molecule has 0 saturated carbocycles. The van der Waals surface area contributed by atoms with Crippen molar-refractivity contribution >= 4 is 33.7 Å². The maximum atomic E-state index is 12.7. The fourth-order valence-electron chi connectivity index (χ4n) is 3.68. The number of thiophene rings is 1. The Morgan fingerprint density at radius 2 is 2.18 bits per heavy atom. The van der Waals surface area contributed by atoms with Crippen LogP contribution in [0, 0.1) is 5.92 Å². The van der Waals surface area contributed by atoms with Crippen LogP contribution in [0.2, 0.25) is 0 Å². The summed E-state index contributed by atoms with van der Waals surface area (Å²) in [5, 5.41) is 0.784. The largest absolute Gasteiger partial charge is 0.493 e. The van der Waals surface area contributed by atoms with Gasteiger partial charge in [-0.15, -0.1) is 11.3 Å². The van der Waals surface area contributed by atoms with Crippen LogP contribution in [0.25, 0.3) is 22.4 Å². The first-order chi connectivity index (χ1) is 13.6. The SMILES string of the molecule is CCOc1cc(/C=C/c2nc3sc4c(c3c(=O)[nH]2)CC[C@@H](C)C4)ccc1OC. The number of hydrogen-bond acceptors (Lipinski definition) is 5. The fourth-order valence-corrected chi connectivity index (χ4v) is 5.08. The number of aryl methyl sites for hydroxylation is 1. The Kier molecular flexibility index (Phi) is 5.22. The third-order valence-corrected chi connectivity index (χ3v) is 6.25. The maximum Gasteiger partial charge on any atom is 0.260 e. The Bertz CT molecular complexity index is 1100. The van der Waals surface area contributed by atoms with E-state index in [0.29, 0.717) is 29.8 Å². The molecule has 0 amide bonds. The van der Waals surface area contributed by atoms with Crippen molar-refractivity contribution < 1.29 is 9.47 Å². The van der Waals surface area contributed by atoms with Crippen LogP contribution in [0.3, 0.4) is 0 Å². The molecule has 1 aliphatic rings. The van der Waals surface area contributed by atoms with E-state index in [1.165, 1.54) is 10.4 Å². The Labute approximate surface area is 168 Å². The highest BCUT2D eigenvalue weighted by Crippen LogP contribution is 2.35. The Morgan fingerprint density at radius 1 is 1.32 bits per heavy atom. The van der Waals surface area contributed by atoms with Crippen LogP contribution >= 0.6 is 11.3 Å². The maximum absolute atomic E-state index is 12.7. The van der Waals surface area contributed by atoms with Crippen LogP contribution in [0.1, 0.15) is 42.1 Å². The van der Waals surface area contributed by atoms with E-state index in [-0.39, 0.29) is 5.56 Å². The number of fused-ring (bicyclic) bond motifs is 3. The summed E-state index contributed by atoms with van der Waals surface area (Å²) < 4.78 is 10.9. The van der Waals surface area contributed by atoms with Gasteiger partial charge < -0.3 is 14.5 Å². The Hall–Kier alpha value is -2.60. The van der Waals surface area contributed by atoms with Crippen molar-refractivity contribution in [1.29, 1.82) is 0 Å². The van der Waals surface area contributed by atoms with Gasteiger partial charge in [0.05, 0.1) is 19.1 Å². The monoisotopic (exact) mass is 396 g/mol. The lowest BCUT2D eigenvalue weighted by Gasteiger charge is -2.17. The van der Waals surface area contributed by atoms with Gasteiger partial charge in [-0.25, -0.2) is 4.98 Å².